The van der Waals surface area contributed by atoms with E-state index < -0.39 is 5.91 Å². The first kappa shape index (κ1) is 16.4. The van der Waals surface area contributed by atoms with Crippen molar-refractivity contribution in [1.29, 1.82) is 0 Å². The number of carbonyl (C=O) groups excluding carboxylic acids is 1. The molecule has 0 bridgehead atoms. The van der Waals surface area contributed by atoms with E-state index in [1.54, 1.807) is 11.5 Å². The largest absolute Gasteiger partial charge is 0.312 e. The molecule has 2 N–H and O–H groups in total. The summed E-state index contributed by atoms with van der Waals surface area (Å²) >= 11 is 0. The van der Waals surface area contributed by atoms with Crippen LogP contribution in [-0.2, 0) is 6.54 Å². The third-order valence-corrected chi connectivity index (χ3v) is 4.34. The van der Waals surface area contributed by atoms with Gasteiger partial charge in [-0.05, 0) is 44.2 Å². The number of hydrogen-bond donors (Lipinski definition) is 2. The standard InChI is InChI=1S/C17H23N5O2/c1-9(2)14-18-17(21-20-14)19-15(23)13-10(3)7-11(4)22(16(13)24)8-12-5-6-12/h7,9,12H,5-6,8H2,1-4H3,(H2,18,19,20,21,23). The van der Waals surface area contributed by atoms with Crippen LogP contribution in [0.5, 0.6) is 0 Å². The quantitative estimate of drug-likeness (QED) is 0.881. The summed E-state index contributed by atoms with van der Waals surface area (Å²) in [4.78, 5) is 29.6. The van der Waals surface area contributed by atoms with Gasteiger partial charge in [-0.15, -0.1) is 5.10 Å². The lowest BCUT2D eigenvalue weighted by molar-refractivity contribution is 0.102. The highest BCUT2D eigenvalue weighted by Crippen LogP contribution is 2.30. The number of aromatic amines is 1. The second kappa shape index (κ2) is 6.22. The number of anilines is 1. The molecule has 7 heteroatoms. The molecule has 7 nitrogen and oxygen atoms in total. The Morgan fingerprint density at radius 3 is 2.71 bits per heavy atom. The summed E-state index contributed by atoms with van der Waals surface area (Å²) in [6.07, 6.45) is 2.30. The average Bonchev–Trinajstić information content (AvgIpc) is 3.20. The van der Waals surface area contributed by atoms with Crippen LogP contribution >= 0.6 is 0 Å². The van der Waals surface area contributed by atoms with Crippen LogP contribution in [0.1, 0.15) is 60.0 Å². The number of nitrogens with one attached hydrogen (secondary N) is 2. The Labute approximate surface area is 140 Å². The summed E-state index contributed by atoms with van der Waals surface area (Å²) < 4.78 is 1.71. The van der Waals surface area contributed by atoms with E-state index in [4.69, 9.17) is 0 Å². The van der Waals surface area contributed by atoms with Crippen LogP contribution in [0.15, 0.2) is 10.9 Å². The Bertz CT molecular complexity index is 830. The zero-order valence-corrected chi connectivity index (χ0v) is 14.5. The fourth-order valence-electron chi connectivity index (χ4n) is 2.74. The lowest BCUT2D eigenvalue weighted by Gasteiger charge is -2.13. The van der Waals surface area contributed by atoms with Crippen LogP contribution < -0.4 is 10.9 Å². The normalized spacial score (nSPS) is 14.2. The van der Waals surface area contributed by atoms with E-state index in [9.17, 15) is 9.59 Å². The summed E-state index contributed by atoms with van der Waals surface area (Å²) in [5.41, 5.74) is 1.48. The van der Waals surface area contributed by atoms with Gasteiger partial charge in [-0.1, -0.05) is 13.8 Å². The Kier molecular flexibility index (Phi) is 4.26. The van der Waals surface area contributed by atoms with Crippen molar-refractivity contribution in [2.24, 2.45) is 5.92 Å². The highest BCUT2D eigenvalue weighted by molar-refractivity contribution is 6.04. The van der Waals surface area contributed by atoms with Crippen molar-refractivity contribution >= 4 is 11.9 Å². The SMILES string of the molecule is Cc1cc(C)n(CC2CC2)c(=O)c1C(=O)Nc1n[nH]c(C(C)C)n1. The second-order valence-corrected chi connectivity index (χ2v) is 6.86. The molecular weight excluding hydrogens is 306 g/mol. The molecular formula is C17H23N5O2. The van der Waals surface area contributed by atoms with Crippen LogP contribution in [0.4, 0.5) is 5.95 Å². The van der Waals surface area contributed by atoms with Crippen LogP contribution in [0.2, 0.25) is 0 Å². The van der Waals surface area contributed by atoms with Crippen LogP contribution in [-0.4, -0.2) is 25.7 Å². The maximum atomic E-state index is 12.8. The molecule has 0 aliphatic heterocycles. The van der Waals surface area contributed by atoms with Crippen molar-refractivity contribution in [3.8, 4) is 0 Å². The molecule has 128 valence electrons. The number of amides is 1. The first-order chi connectivity index (χ1) is 11.4. The van der Waals surface area contributed by atoms with Crippen LogP contribution in [0.25, 0.3) is 0 Å². The fourth-order valence-corrected chi connectivity index (χ4v) is 2.74. The number of nitrogens with zero attached hydrogens (tertiary/aromatic N) is 3. The lowest BCUT2D eigenvalue weighted by Crippen LogP contribution is -2.32. The monoisotopic (exact) mass is 329 g/mol. The predicted octanol–water partition coefficient (Wildman–Crippen LogP) is 2.37. The van der Waals surface area contributed by atoms with Gasteiger partial charge in [-0.2, -0.15) is 4.98 Å². The molecule has 2 aromatic rings. The van der Waals surface area contributed by atoms with Crippen molar-refractivity contribution in [3.63, 3.8) is 0 Å². The van der Waals surface area contributed by atoms with Gasteiger partial charge in [0.15, 0.2) is 0 Å². The average molecular weight is 329 g/mol. The minimum atomic E-state index is -0.462. The summed E-state index contributed by atoms with van der Waals surface area (Å²) in [6, 6.07) is 1.89. The Morgan fingerprint density at radius 2 is 2.12 bits per heavy atom. The van der Waals surface area contributed by atoms with Crippen molar-refractivity contribution in [1.82, 2.24) is 19.7 Å². The van der Waals surface area contributed by atoms with E-state index >= 15 is 0 Å². The number of pyridine rings is 1. The van der Waals surface area contributed by atoms with Gasteiger partial charge < -0.3 is 4.57 Å². The molecule has 1 aliphatic rings. The Balaban J connectivity index is 1.89. The molecule has 1 aliphatic carbocycles. The zero-order chi connectivity index (χ0) is 17.4. The molecule has 3 rings (SSSR count). The molecule has 1 fully saturated rings. The molecule has 2 heterocycles. The first-order valence-electron chi connectivity index (χ1n) is 8.31. The van der Waals surface area contributed by atoms with Crippen molar-refractivity contribution in [3.05, 3.63) is 39.1 Å². The molecule has 1 saturated carbocycles. The molecule has 2 aromatic heterocycles. The van der Waals surface area contributed by atoms with Gasteiger partial charge in [0.1, 0.15) is 11.4 Å². The molecule has 0 unspecified atom stereocenters. The summed E-state index contributed by atoms with van der Waals surface area (Å²) in [5, 5.41) is 9.40. The third-order valence-electron chi connectivity index (χ3n) is 4.34. The lowest BCUT2D eigenvalue weighted by atomic mass is 10.1. The number of rotatable bonds is 5. The highest BCUT2D eigenvalue weighted by atomic mass is 16.2. The van der Waals surface area contributed by atoms with E-state index in [1.165, 1.54) is 0 Å². The minimum absolute atomic E-state index is 0.164. The summed E-state index contributed by atoms with van der Waals surface area (Å²) in [5.74, 6) is 1.16. The molecule has 0 aromatic carbocycles. The molecule has 1 amide bonds. The number of hydrogen-bond acceptors (Lipinski definition) is 4. The van der Waals surface area contributed by atoms with Gasteiger partial charge in [0.05, 0.1) is 0 Å². The van der Waals surface area contributed by atoms with E-state index in [0.29, 0.717) is 23.9 Å². The topological polar surface area (TPSA) is 92.7 Å². The van der Waals surface area contributed by atoms with E-state index in [2.05, 4.69) is 20.5 Å². The third kappa shape index (κ3) is 3.25. The van der Waals surface area contributed by atoms with Crippen molar-refractivity contribution in [2.75, 3.05) is 5.32 Å². The van der Waals surface area contributed by atoms with Crippen LogP contribution in [0.3, 0.4) is 0 Å². The van der Waals surface area contributed by atoms with Crippen LogP contribution in [0, 0.1) is 19.8 Å². The second-order valence-electron chi connectivity index (χ2n) is 6.86. The Morgan fingerprint density at radius 1 is 1.42 bits per heavy atom. The highest BCUT2D eigenvalue weighted by Gasteiger charge is 2.25. The maximum absolute atomic E-state index is 12.8. The number of aromatic nitrogens is 4. The molecule has 24 heavy (non-hydrogen) atoms. The summed E-state index contributed by atoms with van der Waals surface area (Å²) in [6.45, 7) is 8.33. The Hall–Kier alpha value is -2.44. The number of carbonyl (C=O) groups is 1. The van der Waals surface area contributed by atoms with Crippen molar-refractivity contribution in [2.45, 2.75) is 53.0 Å². The number of aryl methyl sites for hydroxylation is 2. The maximum Gasteiger partial charge on any atom is 0.263 e. The molecule has 0 saturated heterocycles. The molecule has 0 spiro atoms. The van der Waals surface area contributed by atoms with Crippen molar-refractivity contribution < 1.29 is 4.79 Å². The number of H-pyrrole nitrogens is 1. The first-order valence-corrected chi connectivity index (χ1v) is 8.31. The predicted molar refractivity (Wildman–Crippen MR) is 91.3 cm³/mol. The molecule has 0 atom stereocenters. The van der Waals surface area contributed by atoms with E-state index in [1.807, 2.05) is 26.8 Å². The smallest absolute Gasteiger partial charge is 0.263 e. The van der Waals surface area contributed by atoms with Gasteiger partial charge in [0.2, 0.25) is 5.95 Å². The van der Waals surface area contributed by atoms with Gasteiger partial charge in [0, 0.05) is 18.2 Å². The van der Waals surface area contributed by atoms with E-state index in [0.717, 1.165) is 18.5 Å². The van der Waals surface area contributed by atoms with Gasteiger partial charge >= 0.3 is 0 Å². The van der Waals surface area contributed by atoms with Gasteiger partial charge in [-0.25, -0.2) is 0 Å². The van der Waals surface area contributed by atoms with Gasteiger partial charge in [-0.3, -0.25) is 20.0 Å². The molecule has 0 radical (unpaired) electrons. The minimum Gasteiger partial charge on any atom is -0.312 e. The zero-order valence-electron chi connectivity index (χ0n) is 14.5. The fraction of sp³-hybridized carbons (Fsp3) is 0.529. The summed E-state index contributed by atoms with van der Waals surface area (Å²) in [7, 11) is 0. The van der Waals surface area contributed by atoms with Gasteiger partial charge in [0.25, 0.3) is 11.5 Å². The van der Waals surface area contributed by atoms with E-state index in [-0.39, 0.29) is 23.0 Å².